The topological polar surface area (TPSA) is 113 Å². The third-order valence-corrected chi connectivity index (χ3v) is 5.02. The summed E-state index contributed by atoms with van der Waals surface area (Å²) in [6, 6.07) is 22.0. The van der Waals surface area contributed by atoms with Crippen LogP contribution in [0, 0.1) is 6.92 Å². The summed E-state index contributed by atoms with van der Waals surface area (Å²) < 4.78 is 0. The number of nitrogens with zero attached hydrogens (tertiary/aromatic N) is 1. The molecule has 1 atom stereocenters. The Morgan fingerprint density at radius 1 is 1.03 bits per heavy atom. The summed E-state index contributed by atoms with van der Waals surface area (Å²) >= 11 is 0. The van der Waals surface area contributed by atoms with E-state index in [9.17, 15) is 9.59 Å². The van der Waals surface area contributed by atoms with Crippen molar-refractivity contribution in [1.82, 2.24) is 15.3 Å². The summed E-state index contributed by atoms with van der Waals surface area (Å²) in [6.45, 7) is 2.01. The molecule has 2 amide bonds. The normalized spacial score (nSPS) is 11.8. The van der Waals surface area contributed by atoms with E-state index in [1.54, 1.807) is 31.2 Å². The molecule has 3 aromatic carbocycles. The molecular formula is C24H23N5O2. The molecule has 4 aromatic rings. The lowest BCUT2D eigenvalue weighted by Gasteiger charge is -2.18. The Kier molecular flexibility index (Phi) is 5.77. The van der Waals surface area contributed by atoms with Gasteiger partial charge in [-0.25, -0.2) is 9.78 Å². The Bertz CT molecular complexity index is 1280. The van der Waals surface area contributed by atoms with E-state index < -0.39 is 0 Å². The Hall–Kier alpha value is -3.97. The molecule has 0 bridgehead atoms. The van der Waals surface area contributed by atoms with Gasteiger partial charge < -0.3 is 21.4 Å². The number of carbonyl (C=O) groups excluding carboxylic acids is 1. The molecule has 156 valence electrons. The van der Waals surface area contributed by atoms with Crippen LogP contribution in [-0.2, 0) is 0 Å². The van der Waals surface area contributed by atoms with Crippen LogP contribution in [0.5, 0.6) is 0 Å². The molecule has 31 heavy (non-hydrogen) atoms. The number of carbonyl (C=O) groups is 1. The van der Waals surface area contributed by atoms with Crippen LogP contribution in [0.25, 0.3) is 22.0 Å². The highest BCUT2D eigenvalue weighted by atomic mass is 16.2. The number of nitrogens with one attached hydrogen (secondary N) is 3. The molecule has 4 rings (SSSR count). The zero-order valence-electron chi connectivity index (χ0n) is 17.1. The lowest BCUT2D eigenvalue weighted by atomic mass is 10.0. The summed E-state index contributed by atoms with van der Waals surface area (Å²) in [4.78, 5) is 31.1. The molecule has 0 aliphatic rings. The molecule has 1 heterocycles. The Balaban J connectivity index is 1.45. The predicted molar refractivity (Wildman–Crippen MR) is 123 cm³/mol. The minimum absolute atomic E-state index is 0.203. The molecule has 0 spiro atoms. The highest BCUT2D eigenvalue weighted by molar-refractivity contribution is 5.90. The van der Waals surface area contributed by atoms with Gasteiger partial charge in [-0.1, -0.05) is 48.5 Å². The van der Waals surface area contributed by atoms with Crippen LogP contribution in [0.2, 0.25) is 0 Å². The third kappa shape index (κ3) is 4.79. The lowest BCUT2D eigenvalue weighted by molar-refractivity contribution is 0.249. The maximum Gasteiger partial charge on any atom is 0.319 e. The quantitative estimate of drug-likeness (QED) is 0.399. The van der Waals surface area contributed by atoms with Crippen LogP contribution in [0.3, 0.4) is 0 Å². The van der Waals surface area contributed by atoms with Gasteiger partial charge in [0.25, 0.3) is 5.56 Å². The number of nitrogens with two attached hydrogens (primary N) is 1. The third-order valence-electron chi connectivity index (χ3n) is 5.02. The van der Waals surface area contributed by atoms with E-state index >= 15 is 0 Å². The first-order chi connectivity index (χ1) is 15.0. The average Bonchev–Trinajstić information content (AvgIpc) is 2.77. The molecule has 0 aliphatic carbocycles. The van der Waals surface area contributed by atoms with Crippen molar-refractivity contribution in [2.24, 2.45) is 5.73 Å². The standard InChI is InChI=1S/C24H23N5O2/c1-15-26-21(13-23(30)27-15)17-8-10-20(11-9-17)28-24(31)29-22(14-25)19-7-6-16-4-2-3-5-18(16)12-19/h2-13,22H,14,25H2,1H3,(H,26,27,30)(H2,28,29,31). The van der Waals surface area contributed by atoms with Gasteiger partial charge in [0.05, 0.1) is 11.7 Å². The van der Waals surface area contributed by atoms with Crippen LogP contribution in [-0.4, -0.2) is 22.5 Å². The van der Waals surface area contributed by atoms with Gasteiger partial charge in [-0.3, -0.25) is 4.79 Å². The van der Waals surface area contributed by atoms with Gasteiger partial charge in [0.1, 0.15) is 5.82 Å². The number of aromatic nitrogens is 2. The number of aromatic amines is 1. The van der Waals surface area contributed by atoms with Crippen LogP contribution >= 0.6 is 0 Å². The smallest absolute Gasteiger partial charge is 0.319 e. The van der Waals surface area contributed by atoms with Gasteiger partial charge in [-0.2, -0.15) is 0 Å². The minimum Gasteiger partial charge on any atom is -0.330 e. The van der Waals surface area contributed by atoms with E-state index in [4.69, 9.17) is 5.73 Å². The molecule has 7 heteroatoms. The Morgan fingerprint density at radius 2 is 1.77 bits per heavy atom. The average molecular weight is 413 g/mol. The van der Waals surface area contributed by atoms with E-state index in [0.29, 0.717) is 17.2 Å². The monoisotopic (exact) mass is 413 g/mol. The highest BCUT2D eigenvalue weighted by Gasteiger charge is 2.14. The number of fused-ring (bicyclic) bond motifs is 1. The molecule has 0 saturated carbocycles. The van der Waals surface area contributed by atoms with E-state index in [1.807, 2.05) is 42.5 Å². The van der Waals surface area contributed by atoms with Crippen molar-refractivity contribution in [3.05, 3.63) is 94.5 Å². The molecule has 0 radical (unpaired) electrons. The van der Waals surface area contributed by atoms with Gasteiger partial charge in [0.15, 0.2) is 0 Å². The van der Waals surface area contributed by atoms with Crippen molar-refractivity contribution in [2.75, 3.05) is 11.9 Å². The maximum atomic E-state index is 12.5. The lowest BCUT2D eigenvalue weighted by Crippen LogP contribution is -2.36. The number of hydrogen-bond donors (Lipinski definition) is 4. The van der Waals surface area contributed by atoms with Gasteiger partial charge in [0, 0.05) is 23.9 Å². The van der Waals surface area contributed by atoms with E-state index in [-0.39, 0.29) is 24.2 Å². The van der Waals surface area contributed by atoms with E-state index in [0.717, 1.165) is 21.9 Å². The molecule has 0 saturated heterocycles. The molecule has 0 fully saturated rings. The number of anilines is 1. The first-order valence-electron chi connectivity index (χ1n) is 9.96. The zero-order chi connectivity index (χ0) is 21.8. The number of hydrogen-bond acceptors (Lipinski definition) is 4. The number of amides is 2. The second kappa shape index (κ2) is 8.81. The Morgan fingerprint density at radius 3 is 2.48 bits per heavy atom. The molecule has 5 N–H and O–H groups in total. The van der Waals surface area contributed by atoms with Crippen molar-refractivity contribution >= 4 is 22.5 Å². The second-order valence-electron chi connectivity index (χ2n) is 7.29. The number of rotatable bonds is 5. The van der Waals surface area contributed by atoms with Crippen molar-refractivity contribution in [3.63, 3.8) is 0 Å². The van der Waals surface area contributed by atoms with Gasteiger partial charge in [-0.15, -0.1) is 0 Å². The van der Waals surface area contributed by atoms with Crippen LogP contribution in [0.1, 0.15) is 17.4 Å². The first kappa shape index (κ1) is 20.3. The minimum atomic E-state index is -0.346. The van der Waals surface area contributed by atoms with Crippen LogP contribution in [0.4, 0.5) is 10.5 Å². The fourth-order valence-electron chi connectivity index (χ4n) is 3.48. The summed E-state index contributed by atoms with van der Waals surface area (Å²) in [5, 5.41) is 7.98. The number of urea groups is 1. The molecular weight excluding hydrogens is 390 g/mol. The van der Waals surface area contributed by atoms with E-state index in [1.165, 1.54) is 6.07 Å². The van der Waals surface area contributed by atoms with E-state index in [2.05, 4.69) is 20.6 Å². The number of aryl methyl sites for hydroxylation is 1. The van der Waals surface area contributed by atoms with Crippen molar-refractivity contribution < 1.29 is 4.79 Å². The van der Waals surface area contributed by atoms with Gasteiger partial charge in [-0.05, 0) is 41.5 Å². The maximum absolute atomic E-state index is 12.5. The largest absolute Gasteiger partial charge is 0.330 e. The fraction of sp³-hybridized carbons (Fsp3) is 0.125. The number of H-pyrrole nitrogens is 1. The van der Waals surface area contributed by atoms with Crippen LogP contribution in [0.15, 0.2) is 77.6 Å². The predicted octanol–water partition coefficient (Wildman–Crippen LogP) is 3.72. The van der Waals surface area contributed by atoms with Crippen LogP contribution < -0.4 is 21.9 Å². The molecule has 7 nitrogen and oxygen atoms in total. The zero-order valence-corrected chi connectivity index (χ0v) is 17.1. The molecule has 1 aromatic heterocycles. The molecule has 1 unspecified atom stereocenters. The van der Waals surface area contributed by atoms with Gasteiger partial charge >= 0.3 is 6.03 Å². The Labute approximate surface area is 179 Å². The highest BCUT2D eigenvalue weighted by Crippen LogP contribution is 2.21. The summed E-state index contributed by atoms with van der Waals surface area (Å²) in [5.74, 6) is 0.547. The van der Waals surface area contributed by atoms with Crippen molar-refractivity contribution in [2.45, 2.75) is 13.0 Å². The number of benzene rings is 3. The molecule has 0 aliphatic heterocycles. The summed E-state index contributed by atoms with van der Waals surface area (Å²) in [7, 11) is 0. The first-order valence-corrected chi connectivity index (χ1v) is 9.96. The fourth-order valence-corrected chi connectivity index (χ4v) is 3.48. The van der Waals surface area contributed by atoms with Crippen molar-refractivity contribution in [3.8, 4) is 11.3 Å². The SMILES string of the molecule is Cc1nc(-c2ccc(NC(=O)NC(CN)c3ccc4ccccc4c3)cc2)cc(=O)[nH]1. The summed E-state index contributed by atoms with van der Waals surface area (Å²) in [5.41, 5.74) is 8.66. The van der Waals surface area contributed by atoms with Crippen molar-refractivity contribution in [1.29, 1.82) is 0 Å². The second-order valence-corrected chi connectivity index (χ2v) is 7.29. The summed E-state index contributed by atoms with van der Waals surface area (Å²) in [6.07, 6.45) is 0. The van der Waals surface area contributed by atoms with Gasteiger partial charge in [0.2, 0.25) is 0 Å².